The second-order valence-corrected chi connectivity index (χ2v) is 9.37. The summed E-state index contributed by atoms with van der Waals surface area (Å²) in [4.78, 5) is 0. The summed E-state index contributed by atoms with van der Waals surface area (Å²) in [5.41, 5.74) is 2.13. The number of aromatic nitrogens is 3. The molecule has 0 saturated carbocycles. The van der Waals surface area contributed by atoms with E-state index in [4.69, 9.17) is 0 Å². The highest BCUT2D eigenvalue weighted by molar-refractivity contribution is 7.72. The van der Waals surface area contributed by atoms with E-state index < -0.39 is 7.26 Å². The molecule has 0 bridgehead atoms. The normalized spacial score (nSPS) is 12.2. The molecule has 1 aromatic carbocycles. The second-order valence-electron chi connectivity index (χ2n) is 4.51. The van der Waals surface area contributed by atoms with Crippen molar-refractivity contribution in [1.29, 1.82) is 0 Å². The summed E-state index contributed by atoms with van der Waals surface area (Å²) in [6.07, 6.45) is 1.01. The highest BCUT2D eigenvalue weighted by Crippen LogP contribution is 2.48. The van der Waals surface area contributed by atoms with Crippen molar-refractivity contribution in [2.75, 3.05) is 20.0 Å². The minimum atomic E-state index is -0.848. The van der Waals surface area contributed by atoms with Gasteiger partial charge in [-0.05, 0) is 12.1 Å². The summed E-state index contributed by atoms with van der Waals surface area (Å²) in [6.45, 7) is 6.93. The highest BCUT2D eigenvalue weighted by Gasteiger charge is 2.19. The molecule has 0 atom stereocenters. The molecule has 3 nitrogen and oxygen atoms in total. The molecule has 0 N–H and O–H groups in total. The number of rotatable bonds is 2. The van der Waals surface area contributed by atoms with Crippen molar-refractivity contribution in [3.8, 4) is 0 Å². The minimum Gasteiger partial charge on any atom is -0.209 e. The molecule has 0 fully saturated rings. The standard InChI is InChI=1S/C10H15N3P/c1-14(2,3)8-13-10-7-5-4-6-9(10)11-12-13/h4-7H,8H2,1-3H3/q+1. The fourth-order valence-electron chi connectivity index (χ4n) is 1.42. The quantitative estimate of drug-likeness (QED) is 0.709. The molecule has 1 aromatic heterocycles. The van der Waals surface area contributed by atoms with E-state index in [2.05, 4.69) is 36.4 Å². The molecular weight excluding hydrogens is 193 g/mol. The van der Waals surface area contributed by atoms with Crippen LogP contribution in [-0.2, 0) is 6.29 Å². The van der Waals surface area contributed by atoms with Crippen LogP contribution >= 0.6 is 7.26 Å². The van der Waals surface area contributed by atoms with E-state index in [1.54, 1.807) is 0 Å². The predicted molar refractivity (Wildman–Crippen MR) is 62.2 cm³/mol. The van der Waals surface area contributed by atoms with E-state index in [-0.39, 0.29) is 0 Å². The Labute approximate surface area is 84.5 Å². The topological polar surface area (TPSA) is 30.7 Å². The van der Waals surface area contributed by atoms with Gasteiger partial charge < -0.3 is 0 Å². The van der Waals surface area contributed by atoms with Crippen LogP contribution in [-0.4, -0.2) is 35.0 Å². The smallest absolute Gasteiger partial charge is 0.151 e. The Morgan fingerprint density at radius 2 is 1.93 bits per heavy atom. The number of benzene rings is 1. The van der Waals surface area contributed by atoms with Crippen molar-refractivity contribution in [2.24, 2.45) is 0 Å². The van der Waals surface area contributed by atoms with Crippen molar-refractivity contribution in [1.82, 2.24) is 15.0 Å². The maximum Gasteiger partial charge on any atom is 0.151 e. The number of nitrogens with zero attached hydrogens (tertiary/aromatic N) is 3. The van der Waals surface area contributed by atoms with Gasteiger partial charge in [0.25, 0.3) is 0 Å². The van der Waals surface area contributed by atoms with Gasteiger partial charge in [-0.25, -0.2) is 4.68 Å². The van der Waals surface area contributed by atoms with Gasteiger partial charge in [-0.2, -0.15) is 0 Å². The van der Waals surface area contributed by atoms with Gasteiger partial charge in [0.15, 0.2) is 6.29 Å². The molecule has 1 heterocycles. The van der Waals surface area contributed by atoms with Crippen LogP contribution in [0.3, 0.4) is 0 Å². The molecule has 0 saturated heterocycles. The molecule has 0 spiro atoms. The van der Waals surface area contributed by atoms with Crippen LogP contribution in [0.4, 0.5) is 0 Å². The lowest BCUT2D eigenvalue weighted by atomic mass is 10.3. The van der Waals surface area contributed by atoms with E-state index in [1.165, 1.54) is 0 Å². The maximum absolute atomic E-state index is 4.18. The first kappa shape index (κ1) is 9.60. The fraction of sp³-hybridized carbons (Fsp3) is 0.400. The van der Waals surface area contributed by atoms with Crippen LogP contribution in [0, 0.1) is 0 Å². The Kier molecular flexibility index (Phi) is 2.28. The van der Waals surface area contributed by atoms with Crippen LogP contribution in [0.5, 0.6) is 0 Å². The zero-order valence-electron chi connectivity index (χ0n) is 8.81. The Morgan fingerprint density at radius 3 is 2.64 bits per heavy atom. The highest BCUT2D eigenvalue weighted by atomic mass is 31.2. The van der Waals surface area contributed by atoms with Gasteiger partial charge in [0.2, 0.25) is 0 Å². The van der Waals surface area contributed by atoms with Crippen LogP contribution in [0.15, 0.2) is 24.3 Å². The van der Waals surface area contributed by atoms with E-state index in [1.807, 2.05) is 22.9 Å². The predicted octanol–water partition coefficient (Wildman–Crippen LogP) is 2.30. The van der Waals surface area contributed by atoms with Crippen LogP contribution in [0.1, 0.15) is 0 Å². The molecular formula is C10H15N3P+. The third kappa shape index (κ3) is 1.93. The third-order valence-corrected chi connectivity index (χ3v) is 3.09. The van der Waals surface area contributed by atoms with Gasteiger partial charge in [-0.15, -0.1) is 5.10 Å². The Balaban J connectivity index is 2.44. The van der Waals surface area contributed by atoms with Crippen LogP contribution in [0.2, 0.25) is 0 Å². The number of hydrogen-bond donors (Lipinski definition) is 0. The van der Waals surface area contributed by atoms with Crippen molar-refractivity contribution < 1.29 is 0 Å². The van der Waals surface area contributed by atoms with Gasteiger partial charge >= 0.3 is 0 Å². The fourth-order valence-corrected chi connectivity index (χ4v) is 2.44. The van der Waals surface area contributed by atoms with E-state index >= 15 is 0 Å². The largest absolute Gasteiger partial charge is 0.209 e. The lowest BCUT2D eigenvalue weighted by Gasteiger charge is -2.11. The SMILES string of the molecule is C[P+](C)(C)Cn1nnc2ccccc21. The number of fused-ring (bicyclic) bond motifs is 1. The lowest BCUT2D eigenvalue weighted by Crippen LogP contribution is -2.03. The summed E-state index contributed by atoms with van der Waals surface area (Å²) in [5.74, 6) is 0. The number of para-hydroxylation sites is 1. The Morgan fingerprint density at radius 1 is 1.21 bits per heavy atom. The molecule has 0 aliphatic heterocycles. The molecule has 0 aliphatic carbocycles. The molecule has 4 heteroatoms. The Bertz CT molecular complexity index is 442. The van der Waals surface area contributed by atoms with Gasteiger partial charge in [0.05, 0.1) is 25.5 Å². The summed E-state index contributed by atoms with van der Waals surface area (Å²) >= 11 is 0. The maximum atomic E-state index is 4.18. The minimum absolute atomic E-state index is 0.848. The molecule has 14 heavy (non-hydrogen) atoms. The molecule has 0 amide bonds. The summed E-state index contributed by atoms with van der Waals surface area (Å²) < 4.78 is 2.02. The van der Waals surface area contributed by atoms with Crippen molar-refractivity contribution in [3.05, 3.63) is 24.3 Å². The lowest BCUT2D eigenvalue weighted by molar-refractivity contribution is 0.714. The van der Waals surface area contributed by atoms with Crippen molar-refractivity contribution >= 4 is 18.3 Å². The van der Waals surface area contributed by atoms with Gasteiger partial charge in [0.1, 0.15) is 5.52 Å². The average Bonchev–Trinajstić information content (AvgIpc) is 2.47. The van der Waals surface area contributed by atoms with E-state index in [0.29, 0.717) is 0 Å². The second kappa shape index (κ2) is 3.32. The zero-order valence-corrected chi connectivity index (χ0v) is 9.70. The average molecular weight is 208 g/mol. The zero-order chi connectivity index (χ0) is 10.2. The van der Waals surface area contributed by atoms with Gasteiger partial charge in [-0.1, -0.05) is 17.3 Å². The van der Waals surface area contributed by atoms with Crippen molar-refractivity contribution in [2.45, 2.75) is 6.29 Å². The van der Waals surface area contributed by atoms with Crippen LogP contribution in [0.25, 0.3) is 11.0 Å². The molecule has 0 aliphatic rings. The number of hydrogen-bond acceptors (Lipinski definition) is 2. The first-order valence-corrected chi connectivity index (χ1v) is 7.96. The van der Waals surface area contributed by atoms with E-state index in [0.717, 1.165) is 17.3 Å². The van der Waals surface area contributed by atoms with E-state index in [9.17, 15) is 0 Å². The van der Waals surface area contributed by atoms with Crippen molar-refractivity contribution in [3.63, 3.8) is 0 Å². The van der Waals surface area contributed by atoms with Gasteiger partial charge in [0, 0.05) is 7.26 Å². The first-order valence-electron chi connectivity index (χ1n) is 4.65. The first-order chi connectivity index (χ1) is 6.56. The molecule has 2 rings (SSSR count). The Hall–Kier alpha value is -0.950. The summed E-state index contributed by atoms with van der Waals surface area (Å²) in [6, 6.07) is 8.10. The molecule has 0 unspecified atom stereocenters. The molecule has 74 valence electrons. The summed E-state index contributed by atoms with van der Waals surface area (Å²) in [7, 11) is -0.848. The third-order valence-electron chi connectivity index (χ3n) is 1.98. The molecule has 0 radical (unpaired) electrons. The van der Waals surface area contributed by atoms with Crippen LogP contribution < -0.4 is 0 Å². The monoisotopic (exact) mass is 208 g/mol. The summed E-state index contributed by atoms with van der Waals surface area (Å²) in [5, 5.41) is 8.31. The van der Waals surface area contributed by atoms with Gasteiger partial charge in [-0.3, -0.25) is 0 Å². The molecule has 2 aromatic rings.